The van der Waals surface area contributed by atoms with Crippen LogP contribution in [-0.4, -0.2) is 11.6 Å². The number of carbonyl (C=O) groups is 2. The average molecular weight is 423 g/mol. The van der Waals surface area contributed by atoms with E-state index in [2.05, 4.69) is 46.8 Å². The first kappa shape index (κ1) is 21.7. The monoisotopic (exact) mass is 422 g/mol. The fourth-order valence-corrected chi connectivity index (χ4v) is 9.19. The van der Waals surface area contributed by atoms with Gasteiger partial charge in [0.05, 0.1) is 5.41 Å². The molecule has 31 heavy (non-hydrogen) atoms. The van der Waals surface area contributed by atoms with Crippen LogP contribution in [0.25, 0.3) is 0 Å². The lowest BCUT2D eigenvalue weighted by Crippen LogP contribution is -2.52. The predicted molar refractivity (Wildman–Crippen MR) is 125 cm³/mol. The van der Waals surface area contributed by atoms with Crippen molar-refractivity contribution in [1.82, 2.24) is 0 Å². The molecule has 5 aliphatic rings. The Balaban J connectivity index is 1.41. The first-order valence-electron chi connectivity index (χ1n) is 13.0. The summed E-state index contributed by atoms with van der Waals surface area (Å²) < 4.78 is 0. The average Bonchev–Trinajstić information content (AvgIpc) is 3.43. The molecule has 4 saturated carbocycles. The van der Waals surface area contributed by atoms with Gasteiger partial charge in [0.2, 0.25) is 0 Å². The molecule has 0 aromatic rings. The molecule has 170 valence electrons. The van der Waals surface area contributed by atoms with Crippen LogP contribution in [0.3, 0.4) is 0 Å². The van der Waals surface area contributed by atoms with Crippen LogP contribution in [0.1, 0.15) is 98.8 Å². The van der Waals surface area contributed by atoms with Crippen molar-refractivity contribution in [3.05, 3.63) is 23.3 Å². The van der Waals surface area contributed by atoms with Crippen LogP contribution in [-0.2, 0) is 9.59 Å². The molecule has 0 aliphatic heterocycles. The SMILES string of the molecule is CC(C)=CCC[C@@H](C)[C@H]1C(=O)C[C@H]2[C@@H]3CC=C4C5(CC5)C(=O)CC[C@]4(C)[C@H]3CC[C@]12C. The summed E-state index contributed by atoms with van der Waals surface area (Å²) in [6, 6.07) is 0. The van der Waals surface area contributed by atoms with Crippen LogP contribution in [0.2, 0.25) is 0 Å². The largest absolute Gasteiger partial charge is 0.299 e. The maximum atomic E-state index is 13.4. The van der Waals surface area contributed by atoms with Gasteiger partial charge in [-0.1, -0.05) is 44.1 Å². The third kappa shape index (κ3) is 3.02. The van der Waals surface area contributed by atoms with Gasteiger partial charge in [-0.25, -0.2) is 0 Å². The van der Waals surface area contributed by atoms with Crippen molar-refractivity contribution >= 4 is 11.6 Å². The van der Waals surface area contributed by atoms with E-state index in [1.54, 1.807) is 0 Å². The van der Waals surface area contributed by atoms with Gasteiger partial charge in [0.1, 0.15) is 11.6 Å². The Bertz CT molecular complexity index is 854. The Morgan fingerprint density at radius 1 is 1.13 bits per heavy atom. The second-order valence-electron chi connectivity index (χ2n) is 12.7. The Kier molecular flexibility index (Phi) is 5.00. The van der Waals surface area contributed by atoms with Gasteiger partial charge in [0, 0.05) is 18.8 Å². The highest BCUT2D eigenvalue weighted by Crippen LogP contribution is 2.71. The van der Waals surface area contributed by atoms with Gasteiger partial charge in [0.15, 0.2) is 0 Å². The molecule has 1 spiro atoms. The van der Waals surface area contributed by atoms with E-state index in [0.29, 0.717) is 35.2 Å². The third-order valence-electron chi connectivity index (χ3n) is 10.8. The second kappa shape index (κ2) is 7.16. The first-order valence-corrected chi connectivity index (χ1v) is 13.0. The Labute approximate surface area is 189 Å². The minimum Gasteiger partial charge on any atom is -0.299 e. The number of carbonyl (C=O) groups excluding carboxylic acids is 2. The van der Waals surface area contributed by atoms with Crippen LogP contribution >= 0.6 is 0 Å². The minimum atomic E-state index is -0.0633. The number of Topliss-reactive ketones (excluding diaryl/α,β-unsaturated/α-hetero) is 2. The number of rotatable bonds is 4. The molecule has 7 atom stereocenters. The van der Waals surface area contributed by atoms with Gasteiger partial charge in [-0.3, -0.25) is 9.59 Å². The Morgan fingerprint density at radius 3 is 2.55 bits per heavy atom. The lowest BCUT2D eigenvalue weighted by Gasteiger charge is -2.58. The van der Waals surface area contributed by atoms with E-state index in [9.17, 15) is 9.59 Å². The fourth-order valence-electron chi connectivity index (χ4n) is 9.19. The molecule has 2 nitrogen and oxygen atoms in total. The zero-order valence-electron chi connectivity index (χ0n) is 20.4. The molecule has 0 aromatic carbocycles. The zero-order chi connectivity index (χ0) is 22.2. The molecule has 5 aliphatic carbocycles. The summed E-state index contributed by atoms with van der Waals surface area (Å²) in [6.45, 7) is 11.6. The van der Waals surface area contributed by atoms with E-state index in [1.165, 1.54) is 24.0 Å². The number of allylic oxidation sites excluding steroid dienone is 4. The Hall–Kier alpha value is -1.18. The normalized spacial score (nSPS) is 43.6. The summed E-state index contributed by atoms with van der Waals surface area (Å²) in [6.07, 6.45) is 15.4. The molecule has 0 unspecified atom stereocenters. The summed E-state index contributed by atoms with van der Waals surface area (Å²) in [5, 5.41) is 0. The smallest absolute Gasteiger partial charge is 0.143 e. The van der Waals surface area contributed by atoms with Crippen LogP contribution in [0.15, 0.2) is 23.3 Å². The maximum Gasteiger partial charge on any atom is 0.143 e. The van der Waals surface area contributed by atoms with E-state index >= 15 is 0 Å². The van der Waals surface area contributed by atoms with Crippen LogP contribution < -0.4 is 0 Å². The van der Waals surface area contributed by atoms with Crippen LogP contribution in [0.5, 0.6) is 0 Å². The molecule has 2 heteroatoms. The van der Waals surface area contributed by atoms with Gasteiger partial charge < -0.3 is 0 Å². The van der Waals surface area contributed by atoms with Crippen molar-refractivity contribution in [2.75, 3.05) is 0 Å². The summed E-state index contributed by atoms with van der Waals surface area (Å²) >= 11 is 0. The summed E-state index contributed by atoms with van der Waals surface area (Å²) in [5.41, 5.74) is 3.22. The van der Waals surface area contributed by atoms with Crippen molar-refractivity contribution in [3.8, 4) is 0 Å². The fraction of sp³-hybridized carbons (Fsp3) is 0.793. The van der Waals surface area contributed by atoms with Crippen LogP contribution in [0.4, 0.5) is 0 Å². The van der Waals surface area contributed by atoms with Gasteiger partial charge in [-0.2, -0.15) is 0 Å². The lowest BCUT2D eigenvalue weighted by atomic mass is 9.45. The van der Waals surface area contributed by atoms with E-state index in [1.807, 2.05) is 0 Å². The Morgan fingerprint density at radius 2 is 1.87 bits per heavy atom. The summed E-state index contributed by atoms with van der Waals surface area (Å²) in [7, 11) is 0. The molecule has 0 saturated heterocycles. The maximum absolute atomic E-state index is 13.4. The predicted octanol–water partition coefficient (Wildman–Crippen LogP) is 7.09. The molecule has 0 N–H and O–H groups in total. The van der Waals surface area contributed by atoms with E-state index in [4.69, 9.17) is 0 Å². The minimum absolute atomic E-state index is 0.0633. The van der Waals surface area contributed by atoms with Gasteiger partial charge >= 0.3 is 0 Å². The standard InChI is InChI=1S/C29H42O2/c1-18(2)7-6-8-19(3)26-23(30)17-22-20-9-10-24-27(4,21(20)11-13-28(22,26)5)14-12-25(31)29(24)15-16-29/h7,10,19-22,26H,6,8-9,11-17H2,1-5H3/t19-,20-,21+,22+,26+,27-,28+/m1/s1. The molecule has 5 rings (SSSR count). The number of ketones is 2. The molecule has 0 amide bonds. The van der Waals surface area contributed by atoms with Crippen molar-refractivity contribution in [3.63, 3.8) is 0 Å². The lowest BCUT2D eigenvalue weighted by molar-refractivity contribution is -0.129. The van der Waals surface area contributed by atoms with E-state index < -0.39 is 0 Å². The van der Waals surface area contributed by atoms with Crippen molar-refractivity contribution in [2.45, 2.75) is 98.8 Å². The molecular weight excluding hydrogens is 380 g/mol. The molecule has 0 radical (unpaired) electrons. The topological polar surface area (TPSA) is 34.1 Å². The van der Waals surface area contributed by atoms with E-state index in [0.717, 1.165) is 51.4 Å². The molecule has 0 heterocycles. The van der Waals surface area contributed by atoms with Gasteiger partial charge in [-0.05, 0) is 99.7 Å². The highest BCUT2D eigenvalue weighted by molar-refractivity contribution is 5.92. The van der Waals surface area contributed by atoms with Gasteiger partial charge in [0.25, 0.3) is 0 Å². The summed E-state index contributed by atoms with van der Waals surface area (Å²) in [4.78, 5) is 26.2. The van der Waals surface area contributed by atoms with Gasteiger partial charge in [-0.15, -0.1) is 0 Å². The molecule has 0 aromatic heterocycles. The van der Waals surface area contributed by atoms with Crippen molar-refractivity contribution < 1.29 is 9.59 Å². The van der Waals surface area contributed by atoms with Crippen molar-refractivity contribution in [2.24, 2.45) is 45.8 Å². The highest BCUT2D eigenvalue weighted by atomic mass is 16.1. The number of hydrogen-bond donors (Lipinski definition) is 0. The second-order valence-corrected chi connectivity index (χ2v) is 12.7. The molecule has 0 bridgehead atoms. The number of fused-ring (bicyclic) bond motifs is 6. The molecule has 4 fully saturated rings. The summed E-state index contributed by atoms with van der Waals surface area (Å²) in [5.74, 6) is 3.63. The van der Waals surface area contributed by atoms with Crippen molar-refractivity contribution in [1.29, 1.82) is 0 Å². The quantitative estimate of drug-likeness (QED) is 0.453. The zero-order valence-corrected chi connectivity index (χ0v) is 20.4. The number of hydrogen-bond acceptors (Lipinski definition) is 2. The molecular formula is C29H42O2. The first-order chi connectivity index (χ1) is 14.6. The highest BCUT2D eigenvalue weighted by Gasteiger charge is 2.66. The van der Waals surface area contributed by atoms with Crippen LogP contribution in [0, 0.1) is 45.8 Å². The van der Waals surface area contributed by atoms with E-state index in [-0.39, 0.29) is 22.2 Å². The third-order valence-corrected chi connectivity index (χ3v) is 10.8.